The summed E-state index contributed by atoms with van der Waals surface area (Å²) < 4.78 is 49.0. The second kappa shape index (κ2) is 9.63. The number of pyridine rings is 2. The molecule has 0 aliphatic carbocycles. The molecule has 2 amide bonds. The summed E-state index contributed by atoms with van der Waals surface area (Å²) in [6, 6.07) is 10.3. The molecule has 0 radical (unpaired) electrons. The lowest BCUT2D eigenvalue weighted by Crippen LogP contribution is -2.51. The summed E-state index contributed by atoms with van der Waals surface area (Å²) in [7, 11) is 0. The zero-order chi connectivity index (χ0) is 26.1. The number of rotatable bonds is 3. The number of hydrogen-bond acceptors (Lipinski definition) is 6. The standard InChI is InChI=1S/C25H25F3N4O4/c1-24(2,3)36-23(34)32-12-10-31(11-13-32)22(33)20-7-4-16-14-17(5-8-19(16)30-20)35-18-6-9-21(29-15-18)25(26,27)28/h4-9,14-15H,10-13H2,1-3H3. The molecule has 4 rings (SSSR count). The summed E-state index contributed by atoms with van der Waals surface area (Å²) in [5.41, 5.74) is -0.751. The van der Waals surface area contributed by atoms with E-state index < -0.39 is 23.6 Å². The average Bonchev–Trinajstić information content (AvgIpc) is 2.82. The molecule has 8 nitrogen and oxygen atoms in total. The van der Waals surface area contributed by atoms with E-state index in [9.17, 15) is 22.8 Å². The lowest BCUT2D eigenvalue weighted by Gasteiger charge is -2.35. The number of hydrogen-bond donors (Lipinski definition) is 0. The number of carbonyl (C=O) groups excluding carboxylic acids is 2. The fraction of sp³-hybridized carbons (Fsp3) is 0.360. The number of fused-ring (bicyclic) bond motifs is 1. The highest BCUT2D eigenvalue weighted by Crippen LogP contribution is 2.30. The first-order chi connectivity index (χ1) is 16.9. The number of ether oxygens (including phenoxy) is 2. The van der Waals surface area contributed by atoms with Gasteiger partial charge >= 0.3 is 12.3 Å². The van der Waals surface area contributed by atoms with Crippen molar-refractivity contribution < 1.29 is 32.2 Å². The van der Waals surface area contributed by atoms with Crippen LogP contribution in [-0.2, 0) is 10.9 Å². The highest BCUT2D eigenvalue weighted by Gasteiger charge is 2.32. The van der Waals surface area contributed by atoms with Crippen molar-refractivity contribution in [2.75, 3.05) is 26.2 Å². The van der Waals surface area contributed by atoms with E-state index in [2.05, 4.69) is 9.97 Å². The van der Waals surface area contributed by atoms with Gasteiger partial charge in [-0.05, 0) is 57.2 Å². The lowest BCUT2D eigenvalue weighted by molar-refractivity contribution is -0.141. The molecule has 2 aromatic heterocycles. The van der Waals surface area contributed by atoms with Gasteiger partial charge in [0.05, 0.1) is 11.7 Å². The quantitative estimate of drug-likeness (QED) is 0.494. The molecule has 1 aliphatic rings. The molecule has 11 heteroatoms. The van der Waals surface area contributed by atoms with E-state index in [-0.39, 0.29) is 17.4 Å². The molecule has 1 saturated heterocycles. The molecule has 0 N–H and O–H groups in total. The Kier molecular flexibility index (Phi) is 6.75. The first-order valence-corrected chi connectivity index (χ1v) is 11.3. The maximum atomic E-state index is 13.0. The van der Waals surface area contributed by atoms with Gasteiger partial charge in [0.25, 0.3) is 5.91 Å². The molecule has 0 saturated carbocycles. The molecular weight excluding hydrogens is 477 g/mol. The summed E-state index contributed by atoms with van der Waals surface area (Å²) in [6.45, 7) is 6.88. The van der Waals surface area contributed by atoms with Gasteiger partial charge in [0.15, 0.2) is 0 Å². The van der Waals surface area contributed by atoms with Gasteiger partial charge < -0.3 is 19.3 Å². The van der Waals surface area contributed by atoms with Crippen LogP contribution in [0.3, 0.4) is 0 Å². The van der Waals surface area contributed by atoms with E-state index in [0.717, 1.165) is 12.3 Å². The van der Waals surface area contributed by atoms with Crippen LogP contribution in [-0.4, -0.2) is 63.5 Å². The number of halogens is 3. The Balaban J connectivity index is 1.40. The lowest BCUT2D eigenvalue weighted by atomic mass is 10.1. The summed E-state index contributed by atoms with van der Waals surface area (Å²) in [6.07, 6.45) is -3.91. The third-order valence-electron chi connectivity index (χ3n) is 5.36. The fourth-order valence-electron chi connectivity index (χ4n) is 3.61. The van der Waals surface area contributed by atoms with Gasteiger partial charge in [-0.2, -0.15) is 13.2 Å². The zero-order valence-corrected chi connectivity index (χ0v) is 20.0. The van der Waals surface area contributed by atoms with Gasteiger partial charge in [0.1, 0.15) is 28.5 Å². The summed E-state index contributed by atoms with van der Waals surface area (Å²) in [4.78, 5) is 36.3. The Morgan fingerprint density at radius 3 is 2.17 bits per heavy atom. The first kappa shape index (κ1) is 25.2. The van der Waals surface area contributed by atoms with Crippen LogP contribution in [0.2, 0.25) is 0 Å². The number of carbonyl (C=O) groups is 2. The van der Waals surface area contributed by atoms with Crippen LogP contribution in [0.5, 0.6) is 11.5 Å². The largest absolute Gasteiger partial charge is 0.456 e. The Morgan fingerprint density at radius 2 is 1.56 bits per heavy atom. The summed E-state index contributed by atoms with van der Waals surface area (Å²) in [5.74, 6) is 0.313. The minimum atomic E-state index is -4.52. The van der Waals surface area contributed by atoms with E-state index >= 15 is 0 Å². The second-order valence-corrected chi connectivity index (χ2v) is 9.29. The molecular formula is C25H25F3N4O4. The Hall–Kier alpha value is -3.89. The highest BCUT2D eigenvalue weighted by atomic mass is 19.4. The van der Waals surface area contributed by atoms with Crippen molar-refractivity contribution >= 4 is 22.9 Å². The van der Waals surface area contributed by atoms with Crippen molar-refractivity contribution in [2.24, 2.45) is 0 Å². The smallest absolute Gasteiger partial charge is 0.433 e. The van der Waals surface area contributed by atoms with Crippen molar-refractivity contribution in [3.8, 4) is 11.5 Å². The van der Waals surface area contributed by atoms with Crippen LogP contribution in [0.1, 0.15) is 37.0 Å². The van der Waals surface area contributed by atoms with Gasteiger partial charge in [-0.3, -0.25) is 4.79 Å². The SMILES string of the molecule is CC(C)(C)OC(=O)N1CCN(C(=O)c2ccc3cc(Oc4ccc(C(F)(F)F)nc4)ccc3n2)CC1. The maximum absolute atomic E-state index is 13.0. The van der Waals surface area contributed by atoms with Crippen LogP contribution >= 0.6 is 0 Å². The maximum Gasteiger partial charge on any atom is 0.433 e. The number of alkyl halides is 3. The van der Waals surface area contributed by atoms with Crippen LogP contribution in [0, 0.1) is 0 Å². The van der Waals surface area contributed by atoms with Crippen LogP contribution < -0.4 is 4.74 Å². The fourth-order valence-corrected chi connectivity index (χ4v) is 3.61. The summed E-state index contributed by atoms with van der Waals surface area (Å²) >= 11 is 0. The van der Waals surface area contributed by atoms with Gasteiger partial charge in [-0.25, -0.2) is 14.8 Å². The average molecular weight is 502 g/mol. The molecule has 36 heavy (non-hydrogen) atoms. The van der Waals surface area contributed by atoms with Crippen molar-refractivity contribution in [3.63, 3.8) is 0 Å². The number of amides is 2. The number of aromatic nitrogens is 2. The molecule has 1 aliphatic heterocycles. The third-order valence-corrected chi connectivity index (χ3v) is 5.36. The predicted octanol–water partition coefficient (Wildman–Crippen LogP) is 5.13. The number of piperazine rings is 1. The molecule has 3 aromatic rings. The highest BCUT2D eigenvalue weighted by molar-refractivity contribution is 5.95. The molecule has 190 valence electrons. The van der Waals surface area contributed by atoms with Crippen molar-refractivity contribution in [2.45, 2.75) is 32.5 Å². The predicted molar refractivity (Wildman–Crippen MR) is 125 cm³/mol. The Bertz CT molecular complexity index is 1270. The molecule has 0 spiro atoms. The third kappa shape index (κ3) is 6.02. The van der Waals surface area contributed by atoms with E-state index in [1.54, 1.807) is 60.9 Å². The topological polar surface area (TPSA) is 84.9 Å². The van der Waals surface area contributed by atoms with E-state index in [1.807, 2.05) is 0 Å². The first-order valence-electron chi connectivity index (χ1n) is 11.3. The van der Waals surface area contributed by atoms with Crippen molar-refractivity contribution in [1.82, 2.24) is 19.8 Å². The van der Waals surface area contributed by atoms with Crippen LogP contribution in [0.15, 0.2) is 48.7 Å². The molecule has 3 heterocycles. The Labute approximate surface area is 205 Å². The molecule has 0 bridgehead atoms. The van der Waals surface area contributed by atoms with Gasteiger partial charge in [0.2, 0.25) is 0 Å². The van der Waals surface area contributed by atoms with Crippen molar-refractivity contribution in [3.05, 3.63) is 60.0 Å². The molecule has 0 atom stereocenters. The minimum absolute atomic E-state index is 0.160. The molecule has 0 unspecified atom stereocenters. The summed E-state index contributed by atoms with van der Waals surface area (Å²) in [5, 5.41) is 0.693. The van der Waals surface area contributed by atoms with Crippen LogP contribution in [0.4, 0.5) is 18.0 Å². The van der Waals surface area contributed by atoms with Crippen molar-refractivity contribution in [1.29, 1.82) is 0 Å². The van der Waals surface area contributed by atoms with Gasteiger partial charge in [-0.1, -0.05) is 6.07 Å². The minimum Gasteiger partial charge on any atom is -0.456 e. The van der Waals surface area contributed by atoms with E-state index in [1.165, 1.54) is 6.07 Å². The molecule has 1 fully saturated rings. The number of benzene rings is 1. The van der Waals surface area contributed by atoms with Gasteiger partial charge in [0, 0.05) is 31.6 Å². The van der Waals surface area contributed by atoms with Crippen LogP contribution in [0.25, 0.3) is 10.9 Å². The van der Waals surface area contributed by atoms with E-state index in [4.69, 9.17) is 9.47 Å². The van der Waals surface area contributed by atoms with Gasteiger partial charge in [-0.15, -0.1) is 0 Å². The number of nitrogens with zero attached hydrogens (tertiary/aromatic N) is 4. The Morgan fingerprint density at radius 1 is 0.889 bits per heavy atom. The van der Waals surface area contributed by atoms with E-state index in [0.29, 0.717) is 42.8 Å². The monoisotopic (exact) mass is 502 g/mol. The second-order valence-electron chi connectivity index (χ2n) is 9.29. The molecule has 1 aromatic carbocycles. The normalized spacial score (nSPS) is 14.6. The zero-order valence-electron chi connectivity index (χ0n) is 20.0.